The Bertz CT molecular complexity index is 2620. The molecule has 0 radical (unpaired) electrons. The number of fused-ring (bicyclic) bond motifs is 12. The monoisotopic (exact) mass is 626 g/mol. The maximum absolute atomic E-state index is 6.61. The highest BCUT2D eigenvalue weighted by Crippen LogP contribution is 2.46. The quantitative estimate of drug-likeness (QED) is 0.179. The largest absolute Gasteiger partial charge is 0.426 e. The lowest BCUT2D eigenvalue weighted by Crippen LogP contribution is -2.36. The fraction of sp³-hybridized carbons (Fsp3) is 0.214. The fourth-order valence-electron chi connectivity index (χ4n) is 8.12. The van der Waals surface area contributed by atoms with Crippen molar-refractivity contribution >= 4 is 88.2 Å². The van der Waals surface area contributed by atoms with Crippen LogP contribution in [0.2, 0.25) is 6.32 Å². The molecule has 228 valence electrons. The minimum Gasteiger partial charge on any atom is -0.426 e. The molecular formula is C42H35BN2OS. The Morgan fingerprint density at radius 1 is 0.830 bits per heavy atom. The van der Waals surface area contributed by atoms with Gasteiger partial charge in [-0.15, -0.1) is 11.3 Å². The number of pyridine rings is 1. The molecule has 1 aliphatic carbocycles. The fourth-order valence-corrected chi connectivity index (χ4v) is 9.30. The van der Waals surface area contributed by atoms with Crippen molar-refractivity contribution in [3.8, 4) is 11.3 Å². The zero-order valence-electron chi connectivity index (χ0n) is 27.2. The Labute approximate surface area is 278 Å². The normalized spacial score (nSPS) is 17.2. The van der Waals surface area contributed by atoms with Gasteiger partial charge in [0, 0.05) is 20.9 Å². The number of rotatable bonds is 2. The Morgan fingerprint density at radius 3 is 2.49 bits per heavy atom. The zero-order chi connectivity index (χ0) is 31.7. The maximum atomic E-state index is 6.61. The van der Waals surface area contributed by atoms with Crippen LogP contribution in [0.1, 0.15) is 45.2 Å². The van der Waals surface area contributed by atoms with Crippen molar-refractivity contribution in [2.45, 2.75) is 52.5 Å². The van der Waals surface area contributed by atoms with Crippen LogP contribution in [0.4, 0.5) is 0 Å². The predicted octanol–water partition coefficient (Wildman–Crippen LogP) is 10.8. The van der Waals surface area contributed by atoms with Crippen LogP contribution in [-0.4, -0.2) is 21.9 Å². The SMILES string of the molecule is CC1(C)CB(c2ccc(-c3cc4c(sc5ccc6ccccc6c54)c4nc5c6cc7c(cc6ccc5n34)CCC=C7)cc2)OC1(C)C. The van der Waals surface area contributed by atoms with Crippen molar-refractivity contribution in [3.05, 3.63) is 108 Å². The summed E-state index contributed by atoms with van der Waals surface area (Å²) in [5.41, 5.74) is 9.56. The zero-order valence-corrected chi connectivity index (χ0v) is 28.0. The predicted molar refractivity (Wildman–Crippen MR) is 203 cm³/mol. The van der Waals surface area contributed by atoms with Gasteiger partial charge in [0.15, 0.2) is 5.65 Å². The van der Waals surface area contributed by atoms with Crippen LogP contribution in [0, 0.1) is 5.41 Å². The van der Waals surface area contributed by atoms with Gasteiger partial charge < -0.3 is 4.65 Å². The van der Waals surface area contributed by atoms with E-state index in [-0.39, 0.29) is 17.9 Å². The van der Waals surface area contributed by atoms with E-state index in [1.807, 2.05) is 11.3 Å². The highest BCUT2D eigenvalue weighted by Gasteiger charge is 2.49. The van der Waals surface area contributed by atoms with E-state index in [0.717, 1.165) is 35.8 Å². The van der Waals surface area contributed by atoms with Gasteiger partial charge in [0.2, 0.25) is 0 Å². The molecule has 0 amide bonds. The average Bonchev–Trinajstić information content (AvgIpc) is 3.72. The Hall–Kier alpha value is -4.45. The van der Waals surface area contributed by atoms with Crippen LogP contribution in [0.5, 0.6) is 0 Å². The summed E-state index contributed by atoms with van der Waals surface area (Å²) >= 11 is 1.86. The van der Waals surface area contributed by atoms with Crippen LogP contribution in [0.15, 0.2) is 97.1 Å². The number of aromatic nitrogens is 2. The third kappa shape index (κ3) is 3.93. The second-order valence-electron chi connectivity index (χ2n) is 14.8. The second kappa shape index (κ2) is 9.56. The first-order chi connectivity index (χ1) is 22.8. The minimum atomic E-state index is -0.163. The van der Waals surface area contributed by atoms with Crippen molar-refractivity contribution in [1.82, 2.24) is 9.38 Å². The highest BCUT2D eigenvalue weighted by atomic mass is 32.1. The molecule has 3 aromatic heterocycles. The highest BCUT2D eigenvalue weighted by molar-refractivity contribution is 7.26. The van der Waals surface area contributed by atoms with Gasteiger partial charge in [-0.05, 0) is 101 Å². The molecule has 0 spiro atoms. The van der Waals surface area contributed by atoms with Gasteiger partial charge in [-0.1, -0.05) is 92.7 Å². The van der Waals surface area contributed by atoms with E-state index in [9.17, 15) is 0 Å². The van der Waals surface area contributed by atoms with E-state index in [0.29, 0.717) is 0 Å². The van der Waals surface area contributed by atoms with Crippen LogP contribution >= 0.6 is 11.3 Å². The van der Waals surface area contributed by atoms with E-state index < -0.39 is 0 Å². The number of hydrogen-bond acceptors (Lipinski definition) is 3. The Balaban J connectivity index is 1.26. The molecule has 1 saturated heterocycles. The smallest absolute Gasteiger partial charge is 0.327 e. The summed E-state index contributed by atoms with van der Waals surface area (Å²) in [6, 6.07) is 34.2. The molecule has 0 N–H and O–H groups in total. The van der Waals surface area contributed by atoms with Crippen LogP contribution in [0.25, 0.3) is 75.7 Å². The van der Waals surface area contributed by atoms with Crippen molar-refractivity contribution in [2.24, 2.45) is 5.41 Å². The maximum Gasteiger partial charge on any atom is 0.327 e. The topological polar surface area (TPSA) is 26.5 Å². The molecule has 1 aliphatic heterocycles. The number of nitrogens with zero attached hydrogens (tertiary/aromatic N) is 2. The Morgan fingerprint density at radius 2 is 1.66 bits per heavy atom. The van der Waals surface area contributed by atoms with Gasteiger partial charge in [-0.3, -0.25) is 4.40 Å². The number of benzene rings is 5. The molecular weight excluding hydrogens is 591 g/mol. The number of imidazole rings is 1. The second-order valence-corrected chi connectivity index (χ2v) is 15.8. The van der Waals surface area contributed by atoms with Crippen LogP contribution < -0.4 is 5.46 Å². The summed E-state index contributed by atoms with van der Waals surface area (Å²) in [6.45, 7) is 9.19. The van der Waals surface area contributed by atoms with Crippen LogP contribution in [-0.2, 0) is 11.1 Å². The molecule has 5 heteroatoms. The summed E-state index contributed by atoms with van der Waals surface area (Å²) in [6.07, 6.45) is 7.80. The first-order valence-corrected chi connectivity index (χ1v) is 17.7. The van der Waals surface area contributed by atoms with Crippen LogP contribution in [0.3, 0.4) is 0 Å². The minimum absolute atomic E-state index is 0.101. The first kappa shape index (κ1) is 27.6. The molecule has 1 fully saturated rings. The van der Waals surface area contributed by atoms with Crippen molar-refractivity contribution in [1.29, 1.82) is 0 Å². The summed E-state index contributed by atoms with van der Waals surface area (Å²) in [5.74, 6) is 0. The standard InChI is InChI=1S/C42H35BN2OS/c1-41(2)24-43(46-42(41,3)4)30-17-13-26(14-18-30)35-23-33-37-31-12-8-7-9-25(31)16-20-36(37)47-39(33)40-44-38-32-22-28-11-6-5-10-27(28)21-29(32)15-19-34(38)45(35)40/h6-9,11-23H,5,10,24H2,1-4H3. The van der Waals surface area contributed by atoms with Crippen molar-refractivity contribution in [3.63, 3.8) is 0 Å². The third-order valence-corrected chi connectivity index (χ3v) is 12.6. The molecule has 4 heterocycles. The van der Waals surface area contributed by atoms with E-state index in [1.165, 1.54) is 69.6 Å². The molecule has 0 atom stereocenters. The number of aryl methyl sites for hydroxylation is 1. The van der Waals surface area contributed by atoms with E-state index in [2.05, 4.69) is 135 Å². The van der Waals surface area contributed by atoms with Crippen molar-refractivity contribution < 1.29 is 4.65 Å². The summed E-state index contributed by atoms with van der Waals surface area (Å²) in [7, 11) is 0. The Kier molecular flexibility index (Phi) is 5.62. The molecule has 3 nitrogen and oxygen atoms in total. The summed E-state index contributed by atoms with van der Waals surface area (Å²) in [5, 5.41) is 7.65. The molecule has 47 heavy (non-hydrogen) atoms. The lowest BCUT2D eigenvalue weighted by molar-refractivity contribution is 0.0375. The number of hydrogen-bond donors (Lipinski definition) is 0. The van der Waals surface area contributed by atoms with E-state index >= 15 is 0 Å². The lowest BCUT2D eigenvalue weighted by atomic mass is 9.54. The number of allylic oxidation sites excluding steroid dienone is 1. The van der Waals surface area contributed by atoms with Gasteiger partial charge in [0.25, 0.3) is 0 Å². The van der Waals surface area contributed by atoms with E-state index in [1.54, 1.807) is 0 Å². The number of thiophene rings is 1. The van der Waals surface area contributed by atoms with E-state index in [4.69, 9.17) is 9.64 Å². The first-order valence-electron chi connectivity index (χ1n) is 16.9. The van der Waals surface area contributed by atoms with Gasteiger partial charge in [0.05, 0.1) is 27.0 Å². The molecule has 8 aromatic rings. The van der Waals surface area contributed by atoms with Gasteiger partial charge >= 0.3 is 6.92 Å². The summed E-state index contributed by atoms with van der Waals surface area (Å²) in [4.78, 5) is 5.52. The van der Waals surface area contributed by atoms with Gasteiger partial charge in [-0.2, -0.15) is 0 Å². The molecule has 2 aliphatic rings. The van der Waals surface area contributed by atoms with Crippen molar-refractivity contribution in [2.75, 3.05) is 0 Å². The molecule has 10 rings (SSSR count). The third-order valence-electron chi connectivity index (χ3n) is 11.5. The molecule has 0 bridgehead atoms. The summed E-state index contributed by atoms with van der Waals surface area (Å²) < 4.78 is 11.6. The van der Waals surface area contributed by atoms with Gasteiger partial charge in [-0.25, -0.2) is 4.98 Å². The van der Waals surface area contributed by atoms with Gasteiger partial charge in [0.1, 0.15) is 0 Å². The average molecular weight is 627 g/mol. The molecule has 0 unspecified atom stereocenters. The lowest BCUT2D eigenvalue weighted by Gasteiger charge is -2.34. The molecule has 0 saturated carbocycles. The molecule has 5 aromatic carbocycles.